The van der Waals surface area contributed by atoms with Gasteiger partial charge in [0.05, 0.1) is 37.3 Å². The summed E-state index contributed by atoms with van der Waals surface area (Å²) in [4.78, 5) is 21.4. The predicted molar refractivity (Wildman–Crippen MR) is 133 cm³/mol. The number of aliphatic hydroxyl groups excluding tert-OH is 2. The maximum absolute atomic E-state index is 13.0. The number of H-pyrrole nitrogens is 2. The van der Waals surface area contributed by atoms with E-state index in [4.69, 9.17) is 14.2 Å². The Hall–Kier alpha value is -1.55. The molecule has 0 saturated carbocycles. The minimum Gasteiger partial charge on any atom is -0.396 e. The first-order chi connectivity index (χ1) is 16.5. The van der Waals surface area contributed by atoms with Crippen molar-refractivity contribution in [3.63, 3.8) is 0 Å². The highest BCUT2D eigenvalue weighted by atomic mass is 31.2. The van der Waals surface area contributed by atoms with Gasteiger partial charge in [0, 0.05) is 31.5 Å². The lowest BCUT2D eigenvalue weighted by molar-refractivity contribution is 0.162. The number of nitrogens with zero attached hydrogens (tertiary/aromatic N) is 1. The Morgan fingerprint density at radius 2 is 1.74 bits per heavy atom. The summed E-state index contributed by atoms with van der Waals surface area (Å²) in [5.41, 5.74) is 1.56. The van der Waals surface area contributed by atoms with Gasteiger partial charge in [0.15, 0.2) is 0 Å². The summed E-state index contributed by atoms with van der Waals surface area (Å²) < 4.78 is 24.0. The number of nitrogens with one attached hydrogen (secondary N) is 3. The quantitative estimate of drug-likeness (QED) is 0.137. The van der Waals surface area contributed by atoms with Crippen molar-refractivity contribution < 1.29 is 23.8 Å². The van der Waals surface area contributed by atoms with E-state index in [1.165, 1.54) is 32.0 Å². The van der Waals surface area contributed by atoms with Gasteiger partial charge in [-0.05, 0) is 19.8 Å². The van der Waals surface area contributed by atoms with E-state index in [9.17, 15) is 14.5 Å². The monoisotopic (exact) mass is 500 g/mol. The highest BCUT2D eigenvalue weighted by molar-refractivity contribution is 7.53. The van der Waals surface area contributed by atoms with Crippen molar-refractivity contribution in [2.75, 3.05) is 32.5 Å². The van der Waals surface area contributed by atoms with Crippen LogP contribution < -0.4 is 10.9 Å². The van der Waals surface area contributed by atoms with Gasteiger partial charge in [-0.15, -0.1) is 0 Å². The Kier molecular flexibility index (Phi) is 13.7. The zero-order valence-electron chi connectivity index (χ0n) is 20.3. The maximum Gasteiger partial charge on any atom is 0.333 e. The van der Waals surface area contributed by atoms with Crippen LogP contribution in [0.2, 0.25) is 0 Å². The first-order valence-electron chi connectivity index (χ1n) is 12.4. The van der Waals surface area contributed by atoms with Crippen molar-refractivity contribution in [2.24, 2.45) is 0 Å². The second kappa shape index (κ2) is 16.2. The SMILES string of the molecule is CCOP(=O)(CC(O)CNCc1c[nH]c2c(=O)[nH]cnc12)OCCCCCCCCCCCO. The largest absolute Gasteiger partial charge is 0.396 e. The lowest BCUT2D eigenvalue weighted by Gasteiger charge is -2.21. The van der Waals surface area contributed by atoms with E-state index in [0.29, 0.717) is 24.2 Å². The van der Waals surface area contributed by atoms with E-state index in [-0.39, 0.29) is 31.5 Å². The van der Waals surface area contributed by atoms with Crippen molar-refractivity contribution in [3.05, 3.63) is 28.4 Å². The zero-order valence-corrected chi connectivity index (χ0v) is 21.2. The molecule has 2 heterocycles. The van der Waals surface area contributed by atoms with Crippen molar-refractivity contribution in [1.82, 2.24) is 20.3 Å². The van der Waals surface area contributed by atoms with E-state index < -0.39 is 13.7 Å². The fraction of sp³-hybridized carbons (Fsp3) is 0.739. The molecule has 0 aromatic carbocycles. The summed E-state index contributed by atoms with van der Waals surface area (Å²) in [6.45, 7) is 3.24. The molecule has 0 radical (unpaired) electrons. The highest BCUT2D eigenvalue weighted by Crippen LogP contribution is 2.48. The molecular formula is C23H41N4O6P. The lowest BCUT2D eigenvalue weighted by Crippen LogP contribution is -2.29. The number of aromatic nitrogens is 3. The van der Waals surface area contributed by atoms with Gasteiger partial charge in [-0.3, -0.25) is 9.36 Å². The third kappa shape index (κ3) is 10.4. The van der Waals surface area contributed by atoms with Crippen LogP contribution in [0, 0.1) is 0 Å². The summed E-state index contributed by atoms with van der Waals surface area (Å²) in [7, 11) is -3.37. The van der Waals surface area contributed by atoms with Gasteiger partial charge in [0.1, 0.15) is 5.52 Å². The predicted octanol–water partition coefficient (Wildman–Crippen LogP) is 3.45. The lowest BCUT2D eigenvalue weighted by atomic mass is 10.1. The van der Waals surface area contributed by atoms with Crippen LogP contribution in [0.15, 0.2) is 17.3 Å². The number of hydrogen-bond acceptors (Lipinski definition) is 8. The van der Waals surface area contributed by atoms with E-state index in [1.807, 2.05) is 0 Å². The molecule has 2 rings (SSSR count). The molecule has 11 heteroatoms. The van der Waals surface area contributed by atoms with Crippen molar-refractivity contribution >= 4 is 18.6 Å². The van der Waals surface area contributed by atoms with Gasteiger partial charge in [-0.25, -0.2) is 4.98 Å². The van der Waals surface area contributed by atoms with Crippen LogP contribution in [0.4, 0.5) is 0 Å². The Morgan fingerprint density at radius 3 is 2.41 bits per heavy atom. The van der Waals surface area contributed by atoms with Crippen molar-refractivity contribution in [2.45, 2.75) is 77.4 Å². The molecule has 194 valence electrons. The van der Waals surface area contributed by atoms with Crippen LogP contribution in [0.3, 0.4) is 0 Å². The number of aliphatic hydroxyl groups is 2. The number of unbranched alkanes of at least 4 members (excludes halogenated alkanes) is 8. The fourth-order valence-corrected chi connectivity index (χ4v) is 5.56. The van der Waals surface area contributed by atoms with Crippen LogP contribution in [0.25, 0.3) is 11.0 Å². The number of rotatable bonds is 20. The van der Waals surface area contributed by atoms with Gasteiger partial charge >= 0.3 is 7.60 Å². The summed E-state index contributed by atoms with van der Waals surface area (Å²) in [5, 5.41) is 22.3. The normalized spacial score (nSPS) is 14.4. The van der Waals surface area contributed by atoms with Crippen molar-refractivity contribution in [1.29, 1.82) is 0 Å². The minimum absolute atomic E-state index is 0.0759. The molecule has 0 spiro atoms. The second-order valence-electron chi connectivity index (χ2n) is 8.50. The van der Waals surface area contributed by atoms with E-state index in [2.05, 4.69) is 20.3 Å². The molecule has 2 atom stereocenters. The summed E-state index contributed by atoms with van der Waals surface area (Å²) >= 11 is 0. The van der Waals surface area contributed by atoms with Crippen LogP contribution in [0.1, 0.15) is 70.3 Å². The van der Waals surface area contributed by atoms with Crippen molar-refractivity contribution in [3.8, 4) is 0 Å². The summed E-state index contributed by atoms with van der Waals surface area (Å²) in [6, 6.07) is 0. The smallest absolute Gasteiger partial charge is 0.333 e. The molecular weight excluding hydrogens is 459 g/mol. The Bertz CT molecular complexity index is 918. The van der Waals surface area contributed by atoms with Crippen LogP contribution >= 0.6 is 7.60 Å². The van der Waals surface area contributed by atoms with E-state index >= 15 is 0 Å². The molecule has 2 aromatic heterocycles. The van der Waals surface area contributed by atoms with Gasteiger partial charge in [-0.1, -0.05) is 44.9 Å². The molecule has 34 heavy (non-hydrogen) atoms. The molecule has 2 aromatic rings. The topological polar surface area (TPSA) is 150 Å². The molecule has 10 nitrogen and oxygen atoms in total. The number of fused-ring (bicyclic) bond motifs is 1. The van der Waals surface area contributed by atoms with Crippen LogP contribution in [-0.4, -0.2) is 63.8 Å². The molecule has 0 amide bonds. The maximum atomic E-state index is 13.0. The van der Waals surface area contributed by atoms with Crippen LogP contribution in [-0.2, 0) is 20.2 Å². The number of aromatic amines is 2. The Morgan fingerprint density at radius 1 is 1.06 bits per heavy atom. The molecule has 5 N–H and O–H groups in total. The first-order valence-corrected chi connectivity index (χ1v) is 14.1. The average molecular weight is 501 g/mol. The molecule has 0 aliphatic rings. The fourth-order valence-electron chi connectivity index (χ4n) is 3.83. The second-order valence-corrected chi connectivity index (χ2v) is 10.6. The van der Waals surface area contributed by atoms with Gasteiger partial charge in [0.25, 0.3) is 5.56 Å². The highest BCUT2D eigenvalue weighted by Gasteiger charge is 2.28. The minimum atomic E-state index is -3.37. The van der Waals surface area contributed by atoms with E-state index in [1.54, 1.807) is 13.1 Å². The third-order valence-corrected chi connectivity index (χ3v) is 7.69. The number of hydrogen-bond donors (Lipinski definition) is 5. The summed E-state index contributed by atoms with van der Waals surface area (Å²) in [5.74, 6) is 0. The molecule has 0 aliphatic carbocycles. The third-order valence-electron chi connectivity index (χ3n) is 5.59. The average Bonchev–Trinajstić information content (AvgIpc) is 3.22. The standard InChI is InChI=1S/C23H41N4O6P/c1-2-32-34(31,33-13-11-9-7-5-3-4-6-8-10-12-28)17-20(29)16-24-14-19-15-25-22-21(19)26-18-27-23(22)30/h15,18,20,24-25,28-29H,2-14,16-17H2,1H3,(H,26,27,30). The van der Waals surface area contributed by atoms with E-state index in [0.717, 1.165) is 37.7 Å². The van der Waals surface area contributed by atoms with Crippen LogP contribution in [0.5, 0.6) is 0 Å². The summed E-state index contributed by atoms with van der Waals surface area (Å²) in [6.07, 6.45) is 11.8. The van der Waals surface area contributed by atoms with Gasteiger partial charge in [-0.2, -0.15) is 0 Å². The first kappa shape index (κ1) is 28.7. The molecule has 2 unspecified atom stereocenters. The molecule has 0 saturated heterocycles. The zero-order chi connectivity index (χ0) is 24.7. The molecule has 0 bridgehead atoms. The Labute approximate surface area is 201 Å². The Balaban J connectivity index is 1.63. The van der Waals surface area contributed by atoms with Gasteiger partial charge in [0.2, 0.25) is 0 Å². The molecule has 0 aliphatic heterocycles. The molecule has 0 fully saturated rings. The van der Waals surface area contributed by atoms with Gasteiger partial charge < -0.3 is 34.5 Å².